The predicted molar refractivity (Wildman–Crippen MR) is 52.8 cm³/mol. The van der Waals surface area contributed by atoms with Crippen LogP contribution >= 0.6 is 0 Å². The molecule has 0 saturated carbocycles. The van der Waals surface area contributed by atoms with Crippen molar-refractivity contribution in [2.45, 2.75) is 6.42 Å². The second-order valence-electron chi connectivity index (χ2n) is 3.01. The zero-order valence-electron chi connectivity index (χ0n) is 8.17. The Morgan fingerprint density at radius 2 is 1.88 bits per heavy atom. The van der Waals surface area contributed by atoms with Crippen molar-refractivity contribution in [1.29, 1.82) is 0 Å². The normalized spacial score (nSPS) is 11.6. The minimum Gasteiger partial charge on any atom is -0.409 e. The summed E-state index contributed by atoms with van der Waals surface area (Å²) in [6.45, 7) is 0.137. The van der Waals surface area contributed by atoms with Crippen LogP contribution in [-0.4, -0.2) is 17.6 Å². The summed E-state index contributed by atoms with van der Waals surface area (Å²) >= 11 is 0. The number of nitrogens with zero attached hydrogens (tertiary/aromatic N) is 1. The average Bonchev–Trinajstić information content (AvgIpc) is 2.25. The molecule has 0 atom stereocenters. The fourth-order valence-electron chi connectivity index (χ4n) is 1.03. The Labute approximate surface area is 89.6 Å². The Kier molecular flexibility index (Phi) is 3.98. The minimum atomic E-state index is -1.25. The molecule has 88 valence electrons. The van der Waals surface area contributed by atoms with Crippen LogP contribution in [0.25, 0.3) is 0 Å². The van der Waals surface area contributed by atoms with Gasteiger partial charge in [0.15, 0.2) is 11.6 Å². The molecule has 16 heavy (non-hydrogen) atoms. The molecule has 0 fully saturated rings. The van der Waals surface area contributed by atoms with Gasteiger partial charge in [-0.3, -0.25) is 0 Å². The number of nitrogens with one attached hydrogen (secondary N) is 1. The number of oxime groups is 1. The van der Waals surface area contributed by atoms with Crippen molar-refractivity contribution >= 4 is 11.5 Å². The van der Waals surface area contributed by atoms with Crippen molar-refractivity contribution in [3.8, 4) is 0 Å². The molecule has 7 heteroatoms. The van der Waals surface area contributed by atoms with Crippen molar-refractivity contribution in [3.05, 3.63) is 29.6 Å². The summed E-state index contributed by atoms with van der Waals surface area (Å²) in [6.07, 6.45) is 0.148. The summed E-state index contributed by atoms with van der Waals surface area (Å²) in [4.78, 5) is 0. The van der Waals surface area contributed by atoms with Crippen molar-refractivity contribution in [3.63, 3.8) is 0 Å². The largest absolute Gasteiger partial charge is 0.409 e. The van der Waals surface area contributed by atoms with Gasteiger partial charge in [-0.25, -0.2) is 13.2 Å². The third-order valence-corrected chi connectivity index (χ3v) is 1.84. The highest BCUT2D eigenvalue weighted by Gasteiger charge is 2.09. The van der Waals surface area contributed by atoms with E-state index in [4.69, 9.17) is 10.9 Å². The molecule has 0 aliphatic carbocycles. The van der Waals surface area contributed by atoms with Crippen LogP contribution in [0.2, 0.25) is 0 Å². The lowest BCUT2D eigenvalue weighted by Crippen LogP contribution is -2.17. The number of amidine groups is 1. The van der Waals surface area contributed by atoms with E-state index in [-0.39, 0.29) is 24.5 Å². The lowest BCUT2D eigenvalue weighted by molar-refractivity contribution is 0.317. The molecule has 4 N–H and O–H groups in total. The lowest BCUT2D eigenvalue weighted by Gasteiger charge is -2.07. The van der Waals surface area contributed by atoms with E-state index in [0.29, 0.717) is 12.1 Å². The first-order chi connectivity index (χ1) is 7.54. The van der Waals surface area contributed by atoms with E-state index < -0.39 is 17.5 Å². The van der Waals surface area contributed by atoms with Crippen molar-refractivity contribution < 1.29 is 18.4 Å². The van der Waals surface area contributed by atoms with E-state index in [0.717, 1.165) is 0 Å². The highest BCUT2D eigenvalue weighted by Crippen LogP contribution is 2.18. The van der Waals surface area contributed by atoms with Crippen LogP contribution in [0.3, 0.4) is 0 Å². The van der Waals surface area contributed by atoms with Gasteiger partial charge in [-0.15, -0.1) is 0 Å². The van der Waals surface area contributed by atoms with Gasteiger partial charge in [0.05, 0.1) is 5.69 Å². The van der Waals surface area contributed by atoms with E-state index in [1.807, 2.05) is 0 Å². The second kappa shape index (κ2) is 5.24. The van der Waals surface area contributed by atoms with Crippen LogP contribution in [-0.2, 0) is 0 Å². The van der Waals surface area contributed by atoms with Crippen LogP contribution < -0.4 is 11.1 Å². The molecule has 0 bridgehead atoms. The fourth-order valence-corrected chi connectivity index (χ4v) is 1.03. The van der Waals surface area contributed by atoms with Crippen LogP contribution in [0.5, 0.6) is 0 Å². The Hall–Kier alpha value is -1.92. The monoisotopic (exact) mass is 233 g/mol. The molecular formula is C9H10F3N3O. The van der Waals surface area contributed by atoms with Crippen LogP contribution in [0.15, 0.2) is 17.3 Å². The summed E-state index contributed by atoms with van der Waals surface area (Å²) in [6, 6.07) is 1.15. The number of benzene rings is 1. The fraction of sp³-hybridized carbons (Fsp3) is 0.222. The molecule has 0 heterocycles. The van der Waals surface area contributed by atoms with Gasteiger partial charge >= 0.3 is 0 Å². The number of hydrogen-bond donors (Lipinski definition) is 3. The number of rotatable bonds is 4. The number of halogens is 3. The van der Waals surface area contributed by atoms with E-state index in [2.05, 4.69) is 10.5 Å². The Bertz CT molecular complexity index is 409. The maximum absolute atomic E-state index is 13.1. The predicted octanol–water partition coefficient (Wildman–Crippen LogP) is 1.65. The first-order valence-electron chi connectivity index (χ1n) is 4.39. The first kappa shape index (κ1) is 12.2. The summed E-state index contributed by atoms with van der Waals surface area (Å²) in [5.41, 5.74) is 4.99. The van der Waals surface area contributed by atoms with E-state index >= 15 is 0 Å². The van der Waals surface area contributed by atoms with E-state index in [9.17, 15) is 13.2 Å². The average molecular weight is 233 g/mol. The van der Waals surface area contributed by atoms with Gasteiger partial charge in [-0.05, 0) is 0 Å². The van der Waals surface area contributed by atoms with Crippen molar-refractivity contribution in [1.82, 2.24) is 0 Å². The Morgan fingerprint density at radius 3 is 2.50 bits per heavy atom. The molecule has 0 aliphatic rings. The SMILES string of the molecule is NC(CCNc1cc(F)c(F)cc1F)=NO. The molecule has 0 aliphatic heterocycles. The van der Waals surface area contributed by atoms with Gasteiger partial charge < -0.3 is 16.3 Å². The standard InChI is InChI=1S/C9H10F3N3O/c10-5-3-7(12)8(4-6(5)11)14-2-1-9(13)15-16/h3-4,14,16H,1-2H2,(H2,13,15). The Balaban J connectivity index is 2.64. The summed E-state index contributed by atoms with van der Waals surface area (Å²) in [5, 5.41) is 13.4. The molecule has 0 aromatic heterocycles. The van der Waals surface area contributed by atoms with Gasteiger partial charge in [0, 0.05) is 25.1 Å². The number of hydrogen-bond acceptors (Lipinski definition) is 3. The third-order valence-electron chi connectivity index (χ3n) is 1.84. The topological polar surface area (TPSA) is 70.6 Å². The van der Waals surface area contributed by atoms with E-state index in [1.165, 1.54) is 0 Å². The third kappa shape index (κ3) is 3.04. The lowest BCUT2D eigenvalue weighted by atomic mass is 10.2. The molecule has 1 aromatic rings. The van der Waals surface area contributed by atoms with Gasteiger partial charge in [0.1, 0.15) is 11.7 Å². The highest BCUT2D eigenvalue weighted by atomic mass is 19.2. The summed E-state index contributed by atoms with van der Waals surface area (Å²) < 4.78 is 38.3. The van der Waals surface area contributed by atoms with Gasteiger partial charge in [-0.1, -0.05) is 5.16 Å². The van der Waals surface area contributed by atoms with Gasteiger partial charge in [0.25, 0.3) is 0 Å². The summed E-state index contributed by atoms with van der Waals surface area (Å²) in [7, 11) is 0. The number of anilines is 1. The quantitative estimate of drug-likeness (QED) is 0.243. The van der Waals surface area contributed by atoms with E-state index in [1.54, 1.807) is 0 Å². The van der Waals surface area contributed by atoms with Crippen molar-refractivity contribution in [2.24, 2.45) is 10.9 Å². The van der Waals surface area contributed by atoms with Crippen LogP contribution in [0, 0.1) is 17.5 Å². The molecule has 1 aromatic carbocycles. The van der Waals surface area contributed by atoms with Gasteiger partial charge in [0.2, 0.25) is 0 Å². The smallest absolute Gasteiger partial charge is 0.161 e. The molecule has 0 spiro atoms. The summed E-state index contributed by atoms with van der Waals surface area (Å²) in [5.74, 6) is -3.35. The molecule has 0 radical (unpaired) electrons. The zero-order chi connectivity index (χ0) is 12.1. The molecule has 0 unspecified atom stereocenters. The van der Waals surface area contributed by atoms with Crippen LogP contribution in [0.1, 0.15) is 6.42 Å². The van der Waals surface area contributed by atoms with Crippen LogP contribution in [0.4, 0.5) is 18.9 Å². The molecular weight excluding hydrogens is 223 g/mol. The highest BCUT2D eigenvalue weighted by molar-refractivity contribution is 5.80. The molecule has 4 nitrogen and oxygen atoms in total. The first-order valence-corrected chi connectivity index (χ1v) is 4.39. The number of nitrogens with two attached hydrogens (primary N) is 1. The second-order valence-corrected chi connectivity index (χ2v) is 3.01. The molecule has 0 saturated heterocycles. The maximum atomic E-state index is 13.1. The molecule has 1 rings (SSSR count). The molecule has 0 amide bonds. The minimum absolute atomic E-state index is 0.0458. The maximum Gasteiger partial charge on any atom is 0.161 e. The van der Waals surface area contributed by atoms with Gasteiger partial charge in [-0.2, -0.15) is 0 Å². The zero-order valence-corrected chi connectivity index (χ0v) is 8.17. The van der Waals surface area contributed by atoms with Crippen molar-refractivity contribution in [2.75, 3.05) is 11.9 Å². The Morgan fingerprint density at radius 1 is 1.25 bits per heavy atom.